The van der Waals surface area contributed by atoms with E-state index in [-0.39, 0.29) is 17.5 Å². The van der Waals surface area contributed by atoms with Gasteiger partial charge in [-0.25, -0.2) is 0 Å². The molecule has 0 N–H and O–H groups in total. The van der Waals surface area contributed by atoms with E-state index >= 15 is 0 Å². The number of nitrogens with zero attached hydrogens (tertiary/aromatic N) is 4. The highest BCUT2D eigenvalue weighted by atomic mass is 16.2. The Kier molecular flexibility index (Phi) is 3.89. The van der Waals surface area contributed by atoms with E-state index < -0.39 is 6.04 Å². The van der Waals surface area contributed by atoms with Crippen LogP contribution in [0.25, 0.3) is 5.57 Å². The molecule has 1 aromatic carbocycles. The molecule has 0 radical (unpaired) electrons. The lowest BCUT2D eigenvalue weighted by Crippen LogP contribution is -2.50. The molecule has 4 rings (SSSR count). The lowest BCUT2D eigenvalue weighted by atomic mass is 9.77. The van der Waals surface area contributed by atoms with E-state index in [2.05, 4.69) is 42.9 Å². The van der Waals surface area contributed by atoms with Crippen LogP contribution in [-0.2, 0) is 4.79 Å². The van der Waals surface area contributed by atoms with Gasteiger partial charge in [-0.2, -0.15) is 5.11 Å². The first-order chi connectivity index (χ1) is 12.0. The molecule has 2 atom stereocenters. The number of rotatable bonds is 1. The van der Waals surface area contributed by atoms with Crippen molar-refractivity contribution in [1.82, 2.24) is 9.91 Å². The summed E-state index contributed by atoms with van der Waals surface area (Å²) in [6.07, 6.45) is 4.59. The summed E-state index contributed by atoms with van der Waals surface area (Å²) >= 11 is 0. The molecule has 132 valence electrons. The van der Waals surface area contributed by atoms with Crippen molar-refractivity contribution in [3.63, 3.8) is 0 Å². The van der Waals surface area contributed by atoms with Crippen LogP contribution in [0, 0.1) is 0 Å². The van der Waals surface area contributed by atoms with Crippen LogP contribution in [0.3, 0.4) is 0 Å². The van der Waals surface area contributed by atoms with Crippen molar-refractivity contribution in [3.8, 4) is 0 Å². The van der Waals surface area contributed by atoms with Crippen molar-refractivity contribution < 1.29 is 4.79 Å². The predicted octanol–water partition coefficient (Wildman–Crippen LogP) is 3.99. The van der Waals surface area contributed by atoms with Crippen LogP contribution in [0.1, 0.15) is 56.7 Å². The number of fused-ring (bicyclic) bond motifs is 3. The first-order valence-corrected chi connectivity index (χ1v) is 9.29. The van der Waals surface area contributed by atoms with Gasteiger partial charge in [0.2, 0.25) is 0 Å². The summed E-state index contributed by atoms with van der Waals surface area (Å²) in [6.45, 7) is 10.2. The summed E-state index contributed by atoms with van der Waals surface area (Å²) in [5.41, 5.74) is 2.93. The fraction of sp³-hybridized carbons (Fsp3) is 0.550. The molecule has 0 saturated carbocycles. The number of hydrogen-bond acceptors (Lipinski definition) is 4. The van der Waals surface area contributed by atoms with Gasteiger partial charge in [-0.3, -0.25) is 9.80 Å². The summed E-state index contributed by atoms with van der Waals surface area (Å²) in [5, 5.41) is 10.8. The van der Waals surface area contributed by atoms with E-state index in [0.29, 0.717) is 0 Å². The Bertz CT molecular complexity index is 731. The fourth-order valence-electron chi connectivity index (χ4n) is 4.29. The molecule has 5 nitrogen and oxygen atoms in total. The molecule has 1 saturated heterocycles. The summed E-state index contributed by atoms with van der Waals surface area (Å²) < 4.78 is 0. The van der Waals surface area contributed by atoms with Crippen LogP contribution < -0.4 is 0 Å². The van der Waals surface area contributed by atoms with Crippen molar-refractivity contribution in [3.05, 3.63) is 42.0 Å². The normalized spacial score (nSPS) is 27.7. The van der Waals surface area contributed by atoms with Crippen molar-refractivity contribution in [2.45, 2.75) is 57.2 Å². The average molecular weight is 338 g/mol. The van der Waals surface area contributed by atoms with E-state index in [1.54, 1.807) is 0 Å². The largest absolute Gasteiger partial charge is 0.341 e. The van der Waals surface area contributed by atoms with Gasteiger partial charge in [0.1, 0.15) is 6.04 Å². The average Bonchev–Trinajstić information content (AvgIpc) is 2.89. The molecule has 0 unspecified atom stereocenters. The number of carbonyl (C=O) groups is 1. The molecular weight excluding hydrogens is 312 g/mol. The van der Waals surface area contributed by atoms with Gasteiger partial charge in [-0.15, -0.1) is 0 Å². The second-order valence-electron chi connectivity index (χ2n) is 7.80. The van der Waals surface area contributed by atoms with Crippen molar-refractivity contribution in [2.24, 2.45) is 10.3 Å². The van der Waals surface area contributed by atoms with Crippen LogP contribution >= 0.6 is 0 Å². The Hall–Kier alpha value is -2.17. The molecule has 0 spiro atoms. The highest BCUT2D eigenvalue weighted by Gasteiger charge is 2.51. The molecule has 0 aromatic heterocycles. The maximum Gasteiger partial charge on any atom is 0.251 e. The maximum absolute atomic E-state index is 13.2. The second kappa shape index (κ2) is 5.97. The predicted molar refractivity (Wildman–Crippen MR) is 97.8 cm³/mol. The Morgan fingerprint density at radius 3 is 2.56 bits per heavy atom. The molecule has 1 amide bonds. The Morgan fingerprint density at radius 2 is 1.84 bits per heavy atom. The SMILES string of the molecule is C=C1c2ccccc2[C@H]2[C@H](C(=O)N3CCCCCC3)N=NN2C1(C)C. The number of hydrogen-bond donors (Lipinski definition) is 0. The number of likely N-dealkylation sites (tertiary alicyclic amines) is 1. The van der Waals surface area contributed by atoms with Gasteiger partial charge in [-0.05, 0) is 43.4 Å². The zero-order chi connectivity index (χ0) is 17.6. The summed E-state index contributed by atoms with van der Waals surface area (Å²) in [6, 6.07) is 7.66. The first-order valence-electron chi connectivity index (χ1n) is 9.29. The number of benzene rings is 1. The molecule has 1 fully saturated rings. The van der Waals surface area contributed by atoms with Gasteiger partial charge in [0.05, 0.1) is 5.54 Å². The van der Waals surface area contributed by atoms with E-state index in [0.717, 1.165) is 42.6 Å². The minimum atomic E-state index is -0.452. The molecule has 3 aliphatic heterocycles. The minimum absolute atomic E-state index is 0.122. The highest BCUT2D eigenvalue weighted by Crippen LogP contribution is 2.49. The minimum Gasteiger partial charge on any atom is -0.341 e. The van der Waals surface area contributed by atoms with Crippen molar-refractivity contribution in [2.75, 3.05) is 13.1 Å². The van der Waals surface area contributed by atoms with Crippen LogP contribution in [0.15, 0.2) is 41.2 Å². The number of amides is 1. The van der Waals surface area contributed by atoms with Gasteiger partial charge in [0.25, 0.3) is 5.91 Å². The van der Waals surface area contributed by atoms with Gasteiger partial charge in [-0.1, -0.05) is 48.9 Å². The van der Waals surface area contributed by atoms with Crippen LogP contribution in [0.5, 0.6) is 0 Å². The molecule has 25 heavy (non-hydrogen) atoms. The van der Waals surface area contributed by atoms with Crippen LogP contribution in [0.4, 0.5) is 0 Å². The third-order valence-electron chi connectivity index (χ3n) is 5.92. The third-order valence-corrected chi connectivity index (χ3v) is 5.92. The molecular formula is C20H26N4O. The van der Waals surface area contributed by atoms with Gasteiger partial charge < -0.3 is 4.90 Å². The molecule has 3 aliphatic rings. The quantitative estimate of drug-likeness (QED) is 0.777. The molecule has 0 bridgehead atoms. The third kappa shape index (κ3) is 2.48. The van der Waals surface area contributed by atoms with Gasteiger partial charge in [0, 0.05) is 13.1 Å². The maximum atomic E-state index is 13.2. The number of carbonyl (C=O) groups excluding carboxylic acids is 1. The summed E-state index contributed by atoms with van der Waals surface area (Å²) in [7, 11) is 0. The monoisotopic (exact) mass is 338 g/mol. The Labute approximate surface area is 149 Å². The topological polar surface area (TPSA) is 48.3 Å². The van der Waals surface area contributed by atoms with Crippen molar-refractivity contribution >= 4 is 11.5 Å². The molecule has 1 aromatic rings. The standard InChI is InChI=1S/C20H26N4O/c1-14-15-10-6-7-11-16(15)18-17(21-22-24(18)20(14,2)3)19(25)23-12-8-4-5-9-13-23/h6-7,10-11,17-18H,1,4-5,8-9,12-13H2,2-3H3/t17-,18+/m1/s1. The van der Waals surface area contributed by atoms with Gasteiger partial charge in [0.15, 0.2) is 6.04 Å². The Morgan fingerprint density at radius 1 is 1.16 bits per heavy atom. The zero-order valence-corrected chi connectivity index (χ0v) is 15.1. The lowest BCUT2D eigenvalue weighted by molar-refractivity contribution is -0.133. The molecule has 0 aliphatic carbocycles. The van der Waals surface area contributed by atoms with E-state index in [1.807, 2.05) is 22.0 Å². The van der Waals surface area contributed by atoms with Crippen LogP contribution in [-0.4, -0.2) is 40.5 Å². The van der Waals surface area contributed by atoms with E-state index in [4.69, 9.17) is 0 Å². The molecule has 5 heteroatoms. The summed E-state index contributed by atoms with van der Waals surface area (Å²) in [5.74, 6) is 0.122. The molecule has 3 heterocycles. The van der Waals surface area contributed by atoms with E-state index in [9.17, 15) is 4.79 Å². The highest BCUT2D eigenvalue weighted by molar-refractivity contribution is 5.85. The fourth-order valence-corrected chi connectivity index (χ4v) is 4.29. The van der Waals surface area contributed by atoms with Crippen LogP contribution in [0.2, 0.25) is 0 Å². The second-order valence-corrected chi connectivity index (χ2v) is 7.80. The zero-order valence-electron chi connectivity index (χ0n) is 15.1. The first kappa shape index (κ1) is 16.3. The summed E-state index contributed by atoms with van der Waals surface area (Å²) in [4.78, 5) is 15.2. The smallest absolute Gasteiger partial charge is 0.251 e. The lowest BCUT2D eigenvalue weighted by Gasteiger charge is -2.45. The van der Waals surface area contributed by atoms with Crippen molar-refractivity contribution in [1.29, 1.82) is 0 Å². The van der Waals surface area contributed by atoms with Gasteiger partial charge >= 0.3 is 0 Å². The van der Waals surface area contributed by atoms with E-state index in [1.165, 1.54) is 12.8 Å². The Balaban J connectivity index is 1.71.